The van der Waals surface area contributed by atoms with E-state index >= 15 is 0 Å². The van der Waals surface area contributed by atoms with E-state index in [4.69, 9.17) is 0 Å². The maximum atomic E-state index is 11.8. The van der Waals surface area contributed by atoms with Crippen LogP contribution in [0.4, 0.5) is 0 Å². The molecule has 0 bridgehead atoms. The number of carbonyl (C=O) groups is 1. The van der Waals surface area contributed by atoms with E-state index in [1.54, 1.807) is 0 Å². The molecule has 0 fully saturated rings. The number of nitrogens with one attached hydrogen (secondary N) is 1. The molecule has 0 unspecified atom stereocenters. The van der Waals surface area contributed by atoms with Gasteiger partial charge in [-0.3, -0.25) is 4.79 Å². The van der Waals surface area contributed by atoms with Gasteiger partial charge in [-0.25, -0.2) is 5.43 Å². The first-order valence-corrected chi connectivity index (χ1v) is 7.07. The highest BCUT2D eigenvalue weighted by atomic mass is 79.9. The second-order valence-corrected chi connectivity index (χ2v) is 5.32. The monoisotopic (exact) mass is 330 g/mol. The number of amides is 1. The molecule has 0 saturated heterocycles. The van der Waals surface area contributed by atoms with Crippen molar-refractivity contribution < 1.29 is 4.79 Å². The number of hydrogen-bond donors (Lipinski definition) is 1. The fourth-order valence-corrected chi connectivity index (χ4v) is 2.14. The normalized spacial score (nSPS) is 11.2. The number of carbonyl (C=O) groups excluding carboxylic acids is 1. The van der Waals surface area contributed by atoms with E-state index in [1.807, 2.05) is 61.5 Å². The summed E-state index contributed by atoms with van der Waals surface area (Å²) < 4.78 is 0.986. The van der Waals surface area contributed by atoms with Gasteiger partial charge in [0.25, 0.3) is 0 Å². The summed E-state index contributed by atoms with van der Waals surface area (Å²) >= 11 is 3.41. The maximum Gasteiger partial charge on any atom is 0.244 e. The molecule has 0 atom stereocenters. The molecule has 0 radical (unpaired) electrons. The number of hydrazone groups is 1. The smallest absolute Gasteiger partial charge is 0.244 e. The Balaban J connectivity index is 1.97. The third kappa shape index (κ3) is 4.31. The quantitative estimate of drug-likeness (QED) is 0.676. The zero-order chi connectivity index (χ0) is 14.4. The topological polar surface area (TPSA) is 41.5 Å². The van der Waals surface area contributed by atoms with Crippen molar-refractivity contribution in [3.8, 4) is 0 Å². The van der Waals surface area contributed by atoms with Gasteiger partial charge in [-0.1, -0.05) is 58.4 Å². The number of halogens is 1. The minimum atomic E-state index is -0.120. The molecular formula is C16H15BrN2O. The van der Waals surface area contributed by atoms with Crippen LogP contribution in [0.25, 0.3) is 0 Å². The lowest BCUT2D eigenvalue weighted by atomic mass is 10.1. The summed E-state index contributed by atoms with van der Waals surface area (Å²) in [6.07, 6.45) is 0.329. The van der Waals surface area contributed by atoms with Crippen LogP contribution in [0.15, 0.2) is 64.2 Å². The fraction of sp³-hybridized carbons (Fsp3) is 0.125. The Morgan fingerprint density at radius 1 is 1.15 bits per heavy atom. The zero-order valence-corrected chi connectivity index (χ0v) is 12.7. The van der Waals surface area contributed by atoms with Crippen LogP contribution in [0.3, 0.4) is 0 Å². The van der Waals surface area contributed by atoms with E-state index < -0.39 is 0 Å². The summed E-state index contributed by atoms with van der Waals surface area (Å²) in [6.45, 7) is 1.87. The lowest BCUT2D eigenvalue weighted by molar-refractivity contribution is -0.120. The van der Waals surface area contributed by atoms with E-state index in [2.05, 4.69) is 26.5 Å². The molecule has 0 aliphatic carbocycles. The van der Waals surface area contributed by atoms with Crippen LogP contribution in [0.5, 0.6) is 0 Å². The molecule has 3 nitrogen and oxygen atoms in total. The Hall–Kier alpha value is -1.94. The molecule has 0 saturated carbocycles. The molecule has 20 heavy (non-hydrogen) atoms. The molecule has 0 heterocycles. The van der Waals surface area contributed by atoms with Crippen LogP contribution in [0, 0.1) is 0 Å². The van der Waals surface area contributed by atoms with Crippen LogP contribution < -0.4 is 5.43 Å². The summed E-state index contributed by atoms with van der Waals surface area (Å²) in [7, 11) is 0. The molecule has 0 aromatic heterocycles. The van der Waals surface area contributed by atoms with Gasteiger partial charge in [0, 0.05) is 4.47 Å². The minimum absolute atomic E-state index is 0.120. The van der Waals surface area contributed by atoms with Crippen molar-refractivity contribution in [1.82, 2.24) is 5.43 Å². The Kier molecular flexibility index (Phi) is 5.07. The fourth-order valence-electron chi connectivity index (χ4n) is 1.75. The van der Waals surface area contributed by atoms with Crippen LogP contribution in [0.2, 0.25) is 0 Å². The van der Waals surface area contributed by atoms with Gasteiger partial charge >= 0.3 is 0 Å². The number of rotatable bonds is 4. The van der Waals surface area contributed by atoms with E-state index in [0.717, 1.165) is 21.3 Å². The molecule has 0 aliphatic heterocycles. The molecule has 2 aromatic carbocycles. The average molecular weight is 331 g/mol. The molecular weight excluding hydrogens is 316 g/mol. The van der Waals surface area contributed by atoms with Gasteiger partial charge in [0.15, 0.2) is 0 Å². The number of nitrogens with zero attached hydrogens (tertiary/aromatic N) is 1. The first-order valence-electron chi connectivity index (χ1n) is 6.28. The van der Waals surface area contributed by atoms with Gasteiger partial charge in [-0.05, 0) is 30.2 Å². The molecule has 1 N–H and O–H groups in total. The van der Waals surface area contributed by atoms with Crippen LogP contribution in [-0.2, 0) is 11.2 Å². The lowest BCUT2D eigenvalue weighted by Crippen LogP contribution is -2.21. The summed E-state index contributed by atoms with van der Waals surface area (Å²) in [5.74, 6) is -0.120. The second kappa shape index (κ2) is 7.01. The van der Waals surface area contributed by atoms with Crippen LogP contribution in [-0.4, -0.2) is 11.6 Å². The maximum absolute atomic E-state index is 11.8. The summed E-state index contributed by atoms with van der Waals surface area (Å²) in [5, 5.41) is 4.13. The highest BCUT2D eigenvalue weighted by molar-refractivity contribution is 9.10. The summed E-state index contributed by atoms with van der Waals surface area (Å²) in [6, 6.07) is 17.4. The van der Waals surface area contributed by atoms with Crippen LogP contribution >= 0.6 is 15.9 Å². The van der Waals surface area contributed by atoms with Crippen molar-refractivity contribution in [2.45, 2.75) is 13.3 Å². The Bertz CT molecular complexity index is 623. The minimum Gasteiger partial charge on any atom is -0.273 e. The first kappa shape index (κ1) is 14.5. The molecule has 0 aliphatic rings. The second-order valence-electron chi connectivity index (χ2n) is 4.40. The standard InChI is InChI=1S/C16H15BrN2O/c1-12(14-8-5-9-15(17)11-14)18-19-16(20)10-13-6-3-2-4-7-13/h2-9,11H,10H2,1H3,(H,19,20)/b18-12+. The van der Waals surface area contributed by atoms with Gasteiger partial charge in [-0.2, -0.15) is 5.10 Å². The Labute approximate surface area is 126 Å². The van der Waals surface area contributed by atoms with Crippen molar-refractivity contribution in [3.05, 3.63) is 70.2 Å². The Morgan fingerprint density at radius 3 is 2.60 bits per heavy atom. The molecule has 102 valence electrons. The number of benzene rings is 2. The molecule has 2 rings (SSSR count). The van der Waals surface area contributed by atoms with E-state index in [9.17, 15) is 4.79 Å². The van der Waals surface area contributed by atoms with Crippen molar-refractivity contribution in [3.63, 3.8) is 0 Å². The van der Waals surface area contributed by atoms with E-state index in [1.165, 1.54) is 0 Å². The third-order valence-corrected chi connectivity index (χ3v) is 3.29. The highest BCUT2D eigenvalue weighted by Gasteiger charge is 2.03. The van der Waals surface area contributed by atoms with E-state index in [0.29, 0.717) is 6.42 Å². The molecule has 2 aromatic rings. The average Bonchev–Trinajstić information content (AvgIpc) is 2.46. The van der Waals surface area contributed by atoms with Crippen molar-refractivity contribution in [2.24, 2.45) is 5.10 Å². The van der Waals surface area contributed by atoms with E-state index in [-0.39, 0.29) is 5.91 Å². The summed E-state index contributed by atoms with van der Waals surface area (Å²) in [5.41, 5.74) is 5.30. The Morgan fingerprint density at radius 2 is 1.90 bits per heavy atom. The zero-order valence-electron chi connectivity index (χ0n) is 11.1. The van der Waals surface area contributed by atoms with Gasteiger partial charge in [0.1, 0.15) is 0 Å². The SMILES string of the molecule is C/C(=N\NC(=O)Cc1ccccc1)c1cccc(Br)c1. The van der Waals surface area contributed by atoms with Gasteiger partial charge in [-0.15, -0.1) is 0 Å². The highest BCUT2D eigenvalue weighted by Crippen LogP contribution is 2.12. The van der Waals surface area contributed by atoms with Crippen molar-refractivity contribution in [1.29, 1.82) is 0 Å². The molecule has 1 amide bonds. The number of hydrogen-bond acceptors (Lipinski definition) is 2. The van der Waals surface area contributed by atoms with Gasteiger partial charge in [0.2, 0.25) is 5.91 Å². The van der Waals surface area contributed by atoms with Gasteiger partial charge < -0.3 is 0 Å². The lowest BCUT2D eigenvalue weighted by Gasteiger charge is -2.03. The molecule has 4 heteroatoms. The predicted octanol–water partition coefficient (Wildman–Crippen LogP) is 3.53. The third-order valence-electron chi connectivity index (χ3n) is 2.80. The van der Waals surface area contributed by atoms with Gasteiger partial charge in [0.05, 0.1) is 12.1 Å². The largest absolute Gasteiger partial charge is 0.273 e. The van der Waals surface area contributed by atoms with Crippen molar-refractivity contribution >= 4 is 27.5 Å². The first-order chi connectivity index (χ1) is 9.65. The van der Waals surface area contributed by atoms with Crippen LogP contribution in [0.1, 0.15) is 18.1 Å². The predicted molar refractivity (Wildman–Crippen MR) is 84.6 cm³/mol. The summed E-state index contributed by atoms with van der Waals surface area (Å²) in [4.78, 5) is 11.8. The molecule has 0 spiro atoms. The van der Waals surface area contributed by atoms with Crippen molar-refractivity contribution in [2.75, 3.05) is 0 Å².